The summed E-state index contributed by atoms with van der Waals surface area (Å²) in [5.41, 5.74) is 0. The lowest BCUT2D eigenvalue weighted by Crippen LogP contribution is -2.28. The van der Waals surface area contributed by atoms with Crippen molar-refractivity contribution in [1.82, 2.24) is 9.36 Å². The molecule has 0 radical (unpaired) electrons. The highest BCUT2D eigenvalue weighted by Gasteiger charge is 2.38. The third-order valence-electron chi connectivity index (χ3n) is 2.24. The first-order chi connectivity index (χ1) is 7.52. The Bertz CT molecular complexity index is 364. The third-order valence-corrected chi connectivity index (χ3v) is 3.00. The van der Waals surface area contributed by atoms with Crippen molar-refractivity contribution in [3.05, 3.63) is 5.82 Å². The summed E-state index contributed by atoms with van der Waals surface area (Å²) in [5.74, 6) is -1.10. The molecule has 1 saturated carbocycles. The van der Waals surface area contributed by atoms with Gasteiger partial charge in [0.15, 0.2) is 0 Å². The van der Waals surface area contributed by atoms with Crippen molar-refractivity contribution in [1.29, 1.82) is 0 Å². The van der Waals surface area contributed by atoms with E-state index in [0.717, 1.165) is 24.4 Å². The molecule has 16 heavy (non-hydrogen) atoms. The van der Waals surface area contributed by atoms with Crippen molar-refractivity contribution >= 4 is 16.7 Å². The lowest BCUT2D eigenvalue weighted by molar-refractivity contribution is -0.144. The third kappa shape index (κ3) is 2.43. The van der Waals surface area contributed by atoms with Gasteiger partial charge in [-0.05, 0) is 12.8 Å². The molecular formula is C8H10F3N3OS. The zero-order valence-electron chi connectivity index (χ0n) is 8.24. The van der Waals surface area contributed by atoms with Gasteiger partial charge in [0.2, 0.25) is 11.0 Å². The SMILES string of the molecule is OCCN(c1nc(C(F)(F)F)ns1)C1CC1. The van der Waals surface area contributed by atoms with Crippen molar-refractivity contribution in [3.8, 4) is 0 Å². The average Bonchev–Trinajstić information content (AvgIpc) is 2.89. The van der Waals surface area contributed by atoms with Gasteiger partial charge in [-0.2, -0.15) is 22.5 Å². The maximum Gasteiger partial charge on any atom is 0.452 e. The van der Waals surface area contributed by atoms with Gasteiger partial charge in [0.05, 0.1) is 6.61 Å². The van der Waals surface area contributed by atoms with Crippen LogP contribution in [0.25, 0.3) is 0 Å². The van der Waals surface area contributed by atoms with Crippen LogP contribution in [0.4, 0.5) is 18.3 Å². The molecule has 4 nitrogen and oxygen atoms in total. The van der Waals surface area contributed by atoms with E-state index in [-0.39, 0.29) is 17.8 Å². The standard InChI is InChI=1S/C8H10F3N3OS/c9-8(10,11)6-12-7(16-13-6)14(3-4-15)5-1-2-5/h5,15H,1-4H2. The van der Waals surface area contributed by atoms with E-state index in [4.69, 9.17) is 5.11 Å². The highest BCUT2D eigenvalue weighted by Crippen LogP contribution is 2.35. The normalized spacial score (nSPS) is 16.5. The van der Waals surface area contributed by atoms with Crippen LogP contribution < -0.4 is 4.90 Å². The highest BCUT2D eigenvalue weighted by molar-refractivity contribution is 7.09. The number of hydrogen-bond donors (Lipinski definition) is 1. The van der Waals surface area contributed by atoms with E-state index in [1.54, 1.807) is 4.90 Å². The molecule has 90 valence electrons. The van der Waals surface area contributed by atoms with E-state index < -0.39 is 12.0 Å². The molecule has 1 aliphatic carbocycles. The summed E-state index contributed by atoms with van der Waals surface area (Å²) >= 11 is 0.727. The van der Waals surface area contributed by atoms with Gasteiger partial charge in [-0.1, -0.05) is 0 Å². The molecule has 0 atom stereocenters. The van der Waals surface area contributed by atoms with Crippen LogP contribution in [0.1, 0.15) is 18.7 Å². The number of aromatic nitrogens is 2. The van der Waals surface area contributed by atoms with Crippen LogP contribution in [-0.2, 0) is 6.18 Å². The van der Waals surface area contributed by atoms with Gasteiger partial charge in [-0.25, -0.2) is 0 Å². The molecule has 1 fully saturated rings. The number of rotatable bonds is 4. The molecule has 1 aliphatic rings. The van der Waals surface area contributed by atoms with Crippen molar-refractivity contribution < 1.29 is 18.3 Å². The first-order valence-corrected chi connectivity index (χ1v) is 5.58. The van der Waals surface area contributed by atoms with E-state index in [0.29, 0.717) is 6.54 Å². The summed E-state index contributed by atoms with van der Waals surface area (Å²) in [7, 11) is 0. The molecule has 0 spiro atoms. The van der Waals surface area contributed by atoms with Crippen LogP contribution in [0.5, 0.6) is 0 Å². The number of alkyl halides is 3. The van der Waals surface area contributed by atoms with Crippen molar-refractivity contribution in [2.75, 3.05) is 18.1 Å². The van der Waals surface area contributed by atoms with Crippen LogP contribution >= 0.6 is 11.5 Å². The summed E-state index contributed by atoms with van der Waals surface area (Å²) in [6, 6.07) is 0.209. The van der Waals surface area contributed by atoms with Crippen molar-refractivity contribution in [2.24, 2.45) is 0 Å². The molecule has 0 bridgehead atoms. The van der Waals surface area contributed by atoms with Crippen LogP contribution in [0.15, 0.2) is 0 Å². The first-order valence-electron chi connectivity index (χ1n) is 4.81. The van der Waals surface area contributed by atoms with Crippen molar-refractivity contribution in [3.63, 3.8) is 0 Å². The zero-order valence-corrected chi connectivity index (χ0v) is 9.05. The molecule has 0 aliphatic heterocycles. The summed E-state index contributed by atoms with van der Waals surface area (Å²) in [6.07, 6.45) is -2.63. The summed E-state index contributed by atoms with van der Waals surface area (Å²) in [4.78, 5) is 5.15. The molecule has 0 unspecified atom stereocenters. The number of hydrogen-bond acceptors (Lipinski definition) is 5. The Balaban J connectivity index is 2.15. The van der Waals surface area contributed by atoms with Crippen molar-refractivity contribution in [2.45, 2.75) is 25.1 Å². The molecule has 1 aromatic heterocycles. The molecular weight excluding hydrogens is 243 g/mol. The Labute approximate surface area is 93.9 Å². The Morgan fingerprint density at radius 3 is 2.56 bits per heavy atom. The molecule has 0 amide bonds. The summed E-state index contributed by atoms with van der Waals surface area (Å²) in [6.45, 7) is 0.203. The average molecular weight is 253 g/mol. The number of halogens is 3. The first kappa shape index (κ1) is 11.6. The zero-order chi connectivity index (χ0) is 11.8. The Kier molecular flexibility index (Phi) is 3.02. The van der Waals surface area contributed by atoms with Crippen LogP contribution in [0, 0.1) is 0 Å². The second-order valence-corrected chi connectivity index (χ2v) is 4.28. The van der Waals surface area contributed by atoms with Crippen LogP contribution in [0.3, 0.4) is 0 Å². The van der Waals surface area contributed by atoms with Crippen LogP contribution in [0.2, 0.25) is 0 Å². The minimum atomic E-state index is -4.50. The Morgan fingerprint density at radius 2 is 2.12 bits per heavy atom. The summed E-state index contributed by atoms with van der Waals surface area (Å²) in [5, 5.41) is 9.07. The van der Waals surface area contributed by atoms with E-state index in [1.807, 2.05) is 0 Å². The smallest absolute Gasteiger partial charge is 0.395 e. The van der Waals surface area contributed by atoms with E-state index in [2.05, 4.69) is 9.36 Å². The van der Waals surface area contributed by atoms with Gasteiger partial charge in [0, 0.05) is 24.1 Å². The fourth-order valence-electron chi connectivity index (χ4n) is 1.38. The van der Waals surface area contributed by atoms with Gasteiger partial charge in [0.1, 0.15) is 0 Å². The summed E-state index contributed by atoms with van der Waals surface area (Å²) < 4.78 is 40.1. The van der Waals surface area contributed by atoms with Gasteiger partial charge in [-0.3, -0.25) is 0 Å². The maximum absolute atomic E-state index is 12.3. The lowest BCUT2D eigenvalue weighted by Gasteiger charge is -2.19. The minimum Gasteiger partial charge on any atom is -0.395 e. The molecule has 0 saturated heterocycles. The number of aliphatic hydroxyl groups is 1. The predicted molar refractivity (Wildman–Crippen MR) is 52.4 cm³/mol. The van der Waals surface area contributed by atoms with Gasteiger partial charge in [0.25, 0.3) is 0 Å². The van der Waals surface area contributed by atoms with E-state index >= 15 is 0 Å². The van der Waals surface area contributed by atoms with Crippen LogP contribution in [-0.4, -0.2) is 33.7 Å². The fourth-order valence-corrected chi connectivity index (χ4v) is 2.16. The Morgan fingerprint density at radius 1 is 1.44 bits per heavy atom. The molecule has 8 heteroatoms. The fraction of sp³-hybridized carbons (Fsp3) is 0.750. The minimum absolute atomic E-state index is 0.0998. The molecule has 1 heterocycles. The monoisotopic (exact) mass is 253 g/mol. The topological polar surface area (TPSA) is 49.2 Å². The second kappa shape index (κ2) is 4.17. The van der Waals surface area contributed by atoms with Gasteiger partial charge < -0.3 is 10.0 Å². The molecule has 0 aromatic carbocycles. The maximum atomic E-state index is 12.3. The Hall–Kier alpha value is -0.890. The molecule has 2 rings (SSSR count). The number of nitrogens with zero attached hydrogens (tertiary/aromatic N) is 3. The number of anilines is 1. The van der Waals surface area contributed by atoms with Gasteiger partial charge in [-0.15, -0.1) is 0 Å². The molecule has 1 aromatic rings. The van der Waals surface area contributed by atoms with E-state index in [1.165, 1.54) is 0 Å². The quantitative estimate of drug-likeness (QED) is 0.883. The molecule has 1 N–H and O–H groups in total. The largest absolute Gasteiger partial charge is 0.452 e. The van der Waals surface area contributed by atoms with E-state index in [9.17, 15) is 13.2 Å². The number of aliphatic hydroxyl groups excluding tert-OH is 1. The predicted octanol–water partition coefficient (Wildman–Crippen LogP) is 1.52. The van der Waals surface area contributed by atoms with Gasteiger partial charge >= 0.3 is 6.18 Å². The lowest BCUT2D eigenvalue weighted by atomic mass is 10.5. The second-order valence-electron chi connectivity index (χ2n) is 3.55. The highest BCUT2D eigenvalue weighted by atomic mass is 32.1.